The van der Waals surface area contributed by atoms with Gasteiger partial charge in [0.25, 0.3) is 0 Å². The van der Waals surface area contributed by atoms with E-state index in [2.05, 4.69) is 37.7 Å². The van der Waals surface area contributed by atoms with Gasteiger partial charge in [0.15, 0.2) is 6.29 Å². The van der Waals surface area contributed by atoms with Gasteiger partial charge in [0, 0.05) is 23.5 Å². The fourth-order valence-corrected chi connectivity index (χ4v) is 2.35. The summed E-state index contributed by atoms with van der Waals surface area (Å²) in [5, 5.41) is 0. The molecule has 0 aliphatic heterocycles. The highest BCUT2D eigenvalue weighted by Gasteiger charge is 2.13. The Hall–Kier alpha value is -1.77. The van der Waals surface area contributed by atoms with E-state index in [1.54, 1.807) is 0 Å². The number of rotatable bonds is 3. The molecule has 0 aliphatic rings. The third kappa shape index (κ3) is 1.90. The first-order valence-corrected chi connectivity index (χ1v) is 6.23. The molecule has 96 valence electrons. The van der Waals surface area contributed by atoms with Gasteiger partial charge in [-0.2, -0.15) is 0 Å². The van der Waals surface area contributed by atoms with Crippen LogP contribution in [0.2, 0.25) is 0 Å². The molecule has 0 saturated heterocycles. The van der Waals surface area contributed by atoms with Gasteiger partial charge >= 0.3 is 0 Å². The highest BCUT2D eigenvalue weighted by atomic mass is 16.1. The van der Waals surface area contributed by atoms with Crippen molar-refractivity contribution >= 4 is 6.29 Å². The van der Waals surface area contributed by atoms with Crippen molar-refractivity contribution in [2.45, 2.75) is 41.0 Å². The van der Waals surface area contributed by atoms with E-state index in [1.165, 1.54) is 28.1 Å². The second kappa shape index (κ2) is 4.48. The van der Waals surface area contributed by atoms with E-state index in [1.807, 2.05) is 6.92 Å². The molecule has 2 N–H and O–H groups in total. The number of H-pyrrole nitrogens is 2. The zero-order valence-corrected chi connectivity index (χ0v) is 11.7. The Balaban J connectivity index is 2.40. The molecule has 0 aliphatic carbocycles. The van der Waals surface area contributed by atoms with E-state index in [9.17, 15) is 4.79 Å². The molecule has 0 atom stereocenters. The number of nitrogens with one attached hydrogen (secondary N) is 2. The van der Waals surface area contributed by atoms with E-state index in [0.717, 1.165) is 24.0 Å². The number of aromatic amines is 2. The fourth-order valence-electron chi connectivity index (χ4n) is 2.35. The topological polar surface area (TPSA) is 48.6 Å². The summed E-state index contributed by atoms with van der Waals surface area (Å²) in [6.45, 7) is 10.4. The Bertz CT molecular complexity index is 603. The van der Waals surface area contributed by atoms with Crippen molar-refractivity contribution in [1.29, 1.82) is 0 Å². The summed E-state index contributed by atoms with van der Waals surface area (Å²) in [5.74, 6) is 0. The van der Waals surface area contributed by atoms with Crippen molar-refractivity contribution < 1.29 is 4.79 Å². The van der Waals surface area contributed by atoms with Crippen LogP contribution in [-0.4, -0.2) is 16.3 Å². The number of aldehydes is 1. The third-order valence-electron chi connectivity index (χ3n) is 4.09. The molecule has 0 spiro atoms. The van der Waals surface area contributed by atoms with Crippen molar-refractivity contribution in [1.82, 2.24) is 9.97 Å². The van der Waals surface area contributed by atoms with Crippen molar-refractivity contribution in [2.24, 2.45) is 0 Å². The summed E-state index contributed by atoms with van der Waals surface area (Å²) in [5.41, 5.74) is 9.14. The Kier molecular flexibility index (Phi) is 3.16. The molecule has 3 nitrogen and oxygen atoms in total. The minimum Gasteiger partial charge on any atom is -0.362 e. The molecular formula is C15H20N2O. The highest BCUT2D eigenvalue weighted by Crippen LogP contribution is 2.23. The molecule has 0 bridgehead atoms. The maximum absolute atomic E-state index is 10.9. The fraction of sp³-hybridized carbons (Fsp3) is 0.400. The quantitative estimate of drug-likeness (QED) is 0.800. The van der Waals surface area contributed by atoms with Crippen LogP contribution in [0, 0.1) is 34.6 Å². The predicted octanol–water partition coefficient (Wildman–Crippen LogP) is 3.29. The summed E-state index contributed by atoms with van der Waals surface area (Å²) < 4.78 is 0. The van der Waals surface area contributed by atoms with E-state index in [-0.39, 0.29) is 0 Å². The van der Waals surface area contributed by atoms with Crippen LogP contribution in [0.15, 0.2) is 0 Å². The number of aromatic nitrogens is 2. The molecule has 2 aromatic rings. The first kappa shape index (κ1) is 12.7. The second-order valence-electron chi connectivity index (χ2n) is 5.04. The summed E-state index contributed by atoms with van der Waals surface area (Å²) in [6, 6.07) is 0. The molecule has 0 aromatic carbocycles. The monoisotopic (exact) mass is 244 g/mol. The lowest BCUT2D eigenvalue weighted by molar-refractivity contribution is 0.111. The lowest BCUT2D eigenvalue weighted by Gasteiger charge is -2.01. The van der Waals surface area contributed by atoms with Crippen LogP contribution in [-0.2, 0) is 6.42 Å². The Labute approximate surface area is 108 Å². The van der Waals surface area contributed by atoms with Gasteiger partial charge in [-0.1, -0.05) is 0 Å². The van der Waals surface area contributed by atoms with Crippen molar-refractivity contribution in [3.8, 4) is 0 Å². The molecule has 0 unspecified atom stereocenters. The molecule has 2 aromatic heterocycles. The highest BCUT2D eigenvalue weighted by molar-refractivity contribution is 5.75. The van der Waals surface area contributed by atoms with Crippen molar-refractivity contribution in [2.75, 3.05) is 0 Å². The summed E-state index contributed by atoms with van der Waals surface area (Å²) in [4.78, 5) is 17.6. The molecule has 0 saturated carbocycles. The third-order valence-corrected chi connectivity index (χ3v) is 4.09. The standard InChI is InChI=1S/C15H20N2O/c1-8-9(2)13(16-12(8)5)6-14-10(3)11(4)15(7-18)17-14/h7,16-17H,6H2,1-5H3. The minimum absolute atomic E-state index is 0.695. The van der Waals surface area contributed by atoms with E-state index < -0.39 is 0 Å². The van der Waals surface area contributed by atoms with Crippen LogP contribution in [0.5, 0.6) is 0 Å². The second-order valence-corrected chi connectivity index (χ2v) is 5.04. The normalized spacial score (nSPS) is 10.9. The Morgan fingerprint density at radius 2 is 1.39 bits per heavy atom. The maximum Gasteiger partial charge on any atom is 0.166 e. The largest absolute Gasteiger partial charge is 0.362 e. The molecule has 0 fully saturated rings. The molecule has 2 heterocycles. The van der Waals surface area contributed by atoms with Crippen LogP contribution in [0.1, 0.15) is 49.8 Å². The molecule has 18 heavy (non-hydrogen) atoms. The first-order valence-electron chi connectivity index (χ1n) is 6.23. The first-order chi connectivity index (χ1) is 8.45. The zero-order chi connectivity index (χ0) is 13.4. The van der Waals surface area contributed by atoms with Crippen LogP contribution in [0.3, 0.4) is 0 Å². The smallest absolute Gasteiger partial charge is 0.166 e. The summed E-state index contributed by atoms with van der Waals surface area (Å²) in [6.07, 6.45) is 1.71. The van der Waals surface area contributed by atoms with Crippen molar-refractivity contribution in [3.63, 3.8) is 0 Å². The zero-order valence-electron chi connectivity index (χ0n) is 11.7. The van der Waals surface area contributed by atoms with Gasteiger partial charge in [0.2, 0.25) is 0 Å². The van der Waals surface area contributed by atoms with Gasteiger partial charge in [0.1, 0.15) is 0 Å². The average Bonchev–Trinajstić information content (AvgIpc) is 2.75. The molecular weight excluding hydrogens is 224 g/mol. The van der Waals surface area contributed by atoms with E-state index in [0.29, 0.717) is 5.69 Å². The molecule has 0 amide bonds. The lowest BCUT2D eigenvalue weighted by atomic mass is 10.1. The van der Waals surface area contributed by atoms with Gasteiger partial charge in [-0.05, 0) is 56.9 Å². The Morgan fingerprint density at radius 3 is 1.83 bits per heavy atom. The maximum atomic E-state index is 10.9. The number of carbonyl (C=O) groups is 1. The lowest BCUT2D eigenvalue weighted by Crippen LogP contribution is -1.94. The van der Waals surface area contributed by atoms with Gasteiger partial charge in [-0.25, -0.2) is 0 Å². The number of hydrogen-bond donors (Lipinski definition) is 2. The minimum atomic E-state index is 0.695. The number of aryl methyl sites for hydroxylation is 1. The molecule has 2 rings (SSSR count). The summed E-state index contributed by atoms with van der Waals surface area (Å²) >= 11 is 0. The number of hydrogen-bond acceptors (Lipinski definition) is 1. The molecule has 3 heteroatoms. The van der Waals surface area contributed by atoms with Gasteiger partial charge in [-0.3, -0.25) is 4.79 Å². The SMILES string of the molecule is Cc1[nH]c(Cc2[nH]c(C=O)c(C)c2C)c(C)c1C. The van der Waals surface area contributed by atoms with E-state index >= 15 is 0 Å². The molecule has 0 radical (unpaired) electrons. The number of carbonyl (C=O) groups excluding carboxylic acids is 1. The average molecular weight is 244 g/mol. The predicted molar refractivity (Wildman–Crippen MR) is 73.5 cm³/mol. The summed E-state index contributed by atoms with van der Waals surface area (Å²) in [7, 11) is 0. The van der Waals surface area contributed by atoms with Gasteiger partial charge in [0.05, 0.1) is 5.69 Å². The van der Waals surface area contributed by atoms with Crippen LogP contribution >= 0.6 is 0 Å². The van der Waals surface area contributed by atoms with Gasteiger partial charge < -0.3 is 9.97 Å². The Morgan fingerprint density at radius 1 is 0.833 bits per heavy atom. The van der Waals surface area contributed by atoms with Gasteiger partial charge in [-0.15, -0.1) is 0 Å². The van der Waals surface area contributed by atoms with Crippen LogP contribution < -0.4 is 0 Å². The van der Waals surface area contributed by atoms with Crippen LogP contribution in [0.25, 0.3) is 0 Å². The van der Waals surface area contributed by atoms with Crippen molar-refractivity contribution in [3.05, 3.63) is 45.0 Å². The van der Waals surface area contributed by atoms with E-state index in [4.69, 9.17) is 0 Å². The van der Waals surface area contributed by atoms with Crippen LogP contribution in [0.4, 0.5) is 0 Å².